The molecule has 1 amide bonds. The second kappa shape index (κ2) is 8.29. The van der Waals surface area contributed by atoms with Crippen LogP contribution in [0.15, 0.2) is 54.7 Å². The van der Waals surface area contributed by atoms with E-state index in [4.69, 9.17) is 4.74 Å². The molecule has 0 aliphatic heterocycles. The molecule has 2 N–H and O–H groups in total. The number of hydrogen-bond acceptors (Lipinski definition) is 3. The maximum absolute atomic E-state index is 12.8. The molecule has 1 heterocycles. The van der Waals surface area contributed by atoms with Gasteiger partial charge in [-0.3, -0.25) is 9.59 Å². The Balaban J connectivity index is 1.38. The molecule has 0 spiro atoms. The number of para-hydroxylation sites is 1. The number of rotatable bonds is 7. The Bertz CT molecular complexity index is 903. The molecule has 0 saturated heterocycles. The zero-order chi connectivity index (χ0) is 18.4. The summed E-state index contributed by atoms with van der Waals surface area (Å²) in [7, 11) is 0. The summed E-state index contributed by atoms with van der Waals surface area (Å²) < 4.78 is 17.8. The summed E-state index contributed by atoms with van der Waals surface area (Å²) in [6.45, 7) is -0.358. The fourth-order valence-corrected chi connectivity index (χ4v) is 2.71. The summed E-state index contributed by atoms with van der Waals surface area (Å²) in [5, 5.41) is 3.69. The number of benzene rings is 2. The minimum atomic E-state index is -0.457. The van der Waals surface area contributed by atoms with E-state index in [0.29, 0.717) is 12.1 Å². The van der Waals surface area contributed by atoms with Crippen LogP contribution in [0, 0.1) is 5.82 Å². The summed E-state index contributed by atoms with van der Waals surface area (Å²) in [6.07, 6.45) is 3.58. The lowest BCUT2D eigenvalue weighted by Gasteiger charge is -2.06. The van der Waals surface area contributed by atoms with Crippen molar-refractivity contribution >= 4 is 28.5 Å². The van der Waals surface area contributed by atoms with Crippen molar-refractivity contribution in [1.82, 2.24) is 4.98 Å². The first-order valence-electron chi connectivity index (χ1n) is 8.38. The molecule has 0 fully saturated rings. The van der Waals surface area contributed by atoms with E-state index < -0.39 is 11.9 Å². The Morgan fingerprint density at radius 1 is 1.08 bits per heavy atom. The van der Waals surface area contributed by atoms with Gasteiger partial charge in [0.15, 0.2) is 6.61 Å². The highest BCUT2D eigenvalue weighted by molar-refractivity contribution is 5.92. The first-order chi connectivity index (χ1) is 12.6. The van der Waals surface area contributed by atoms with E-state index in [1.165, 1.54) is 24.3 Å². The predicted molar refractivity (Wildman–Crippen MR) is 97.2 cm³/mol. The second-order valence-corrected chi connectivity index (χ2v) is 5.93. The lowest BCUT2D eigenvalue weighted by Crippen LogP contribution is -2.20. The van der Waals surface area contributed by atoms with Gasteiger partial charge in [0.2, 0.25) is 0 Å². The molecule has 5 nitrogen and oxygen atoms in total. The summed E-state index contributed by atoms with van der Waals surface area (Å²) in [5.41, 5.74) is 2.68. The van der Waals surface area contributed by atoms with Gasteiger partial charge >= 0.3 is 5.97 Å². The number of aromatic nitrogens is 1. The molecule has 0 aliphatic carbocycles. The highest BCUT2D eigenvalue weighted by Gasteiger charge is 2.09. The van der Waals surface area contributed by atoms with Gasteiger partial charge in [0, 0.05) is 29.2 Å². The monoisotopic (exact) mass is 354 g/mol. The van der Waals surface area contributed by atoms with Crippen LogP contribution in [0.3, 0.4) is 0 Å². The highest BCUT2D eigenvalue weighted by atomic mass is 19.1. The molecule has 0 aliphatic rings. The van der Waals surface area contributed by atoms with E-state index in [1.54, 1.807) is 0 Å². The zero-order valence-electron chi connectivity index (χ0n) is 14.1. The average molecular weight is 354 g/mol. The number of H-pyrrole nitrogens is 1. The Labute approximate surface area is 150 Å². The normalized spacial score (nSPS) is 10.7. The van der Waals surface area contributed by atoms with Gasteiger partial charge in [-0.15, -0.1) is 0 Å². The molecule has 6 heteroatoms. The largest absolute Gasteiger partial charge is 0.456 e. The third kappa shape index (κ3) is 4.69. The topological polar surface area (TPSA) is 71.2 Å². The number of carbonyl (C=O) groups is 2. The lowest BCUT2D eigenvalue weighted by atomic mass is 10.1. The molecule has 3 rings (SSSR count). The summed E-state index contributed by atoms with van der Waals surface area (Å²) in [6, 6.07) is 13.4. The standard InChI is InChI=1S/C20H19FN2O3/c21-15-8-10-16(11-9-15)23-19(24)13-26-20(25)7-3-4-14-12-22-18-6-2-1-5-17(14)18/h1-2,5-6,8-12,22H,3-4,7,13H2,(H,23,24). The number of amides is 1. The van der Waals surface area contributed by atoms with Gasteiger partial charge in [-0.2, -0.15) is 0 Å². The molecule has 0 atom stereocenters. The lowest BCUT2D eigenvalue weighted by molar-refractivity contribution is -0.147. The molecule has 3 aromatic rings. The number of fused-ring (bicyclic) bond motifs is 1. The summed E-state index contributed by atoms with van der Waals surface area (Å²) in [4.78, 5) is 26.7. The van der Waals surface area contributed by atoms with Crippen LogP contribution in [0.4, 0.5) is 10.1 Å². The molecule has 1 aromatic heterocycles. The number of hydrogen-bond donors (Lipinski definition) is 2. The summed E-state index contributed by atoms with van der Waals surface area (Å²) in [5.74, 6) is -1.26. The number of carbonyl (C=O) groups excluding carboxylic acids is 2. The predicted octanol–water partition coefficient (Wildman–Crippen LogP) is 3.81. The van der Waals surface area contributed by atoms with Crippen LogP contribution in [0.1, 0.15) is 18.4 Å². The minimum Gasteiger partial charge on any atom is -0.456 e. The van der Waals surface area contributed by atoms with Crippen LogP contribution in [-0.4, -0.2) is 23.5 Å². The molecule has 0 radical (unpaired) electrons. The quantitative estimate of drug-likeness (QED) is 0.634. The van der Waals surface area contributed by atoms with Crippen LogP contribution in [-0.2, 0) is 20.7 Å². The van der Waals surface area contributed by atoms with E-state index in [1.807, 2.05) is 30.5 Å². The van der Waals surface area contributed by atoms with Gasteiger partial charge < -0.3 is 15.0 Å². The van der Waals surface area contributed by atoms with Gasteiger partial charge in [0.25, 0.3) is 5.91 Å². The Morgan fingerprint density at radius 2 is 1.85 bits per heavy atom. The highest BCUT2D eigenvalue weighted by Crippen LogP contribution is 2.19. The SMILES string of the molecule is O=C(COC(=O)CCCc1c[nH]c2ccccc12)Nc1ccc(F)cc1. The van der Waals surface area contributed by atoms with Crippen molar-refractivity contribution in [2.45, 2.75) is 19.3 Å². The average Bonchev–Trinajstić information content (AvgIpc) is 3.05. The van der Waals surface area contributed by atoms with Crippen LogP contribution in [0.2, 0.25) is 0 Å². The van der Waals surface area contributed by atoms with Crippen molar-refractivity contribution in [3.8, 4) is 0 Å². The summed E-state index contributed by atoms with van der Waals surface area (Å²) >= 11 is 0. The molecule has 0 unspecified atom stereocenters. The van der Waals surface area contributed by atoms with Crippen molar-refractivity contribution in [3.05, 3.63) is 66.1 Å². The Morgan fingerprint density at radius 3 is 2.65 bits per heavy atom. The number of esters is 1. The van der Waals surface area contributed by atoms with E-state index in [2.05, 4.69) is 10.3 Å². The first-order valence-corrected chi connectivity index (χ1v) is 8.38. The first kappa shape index (κ1) is 17.7. The third-order valence-corrected chi connectivity index (χ3v) is 3.99. The van der Waals surface area contributed by atoms with Crippen molar-refractivity contribution in [1.29, 1.82) is 0 Å². The van der Waals surface area contributed by atoms with E-state index in [9.17, 15) is 14.0 Å². The van der Waals surface area contributed by atoms with Gasteiger partial charge in [-0.25, -0.2) is 4.39 Å². The van der Waals surface area contributed by atoms with Gasteiger partial charge in [-0.05, 0) is 48.7 Å². The molecule has 26 heavy (non-hydrogen) atoms. The van der Waals surface area contributed by atoms with E-state index >= 15 is 0 Å². The van der Waals surface area contributed by atoms with Crippen molar-refractivity contribution < 1.29 is 18.7 Å². The molecular formula is C20H19FN2O3. The zero-order valence-corrected chi connectivity index (χ0v) is 14.1. The molecule has 2 aromatic carbocycles. The Hall–Kier alpha value is -3.15. The third-order valence-electron chi connectivity index (χ3n) is 3.99. The number of anilines is 1. The van der Waals surface area contributed by atoms with Crippen LogP contribution >= 0.6 is 0 Å². The van der Waals surface area contributed by atoms with Crippen LogP contribution in [0.5, 0.6) is 0 Å². The molecule has 0 bridgehead atoms. The van der Waals surface area contributed by atoms with Crippen molar-refractivity contribution in [2.75, 3.05) is 11.9 Å². The van der Waals surface area contributed by atoms with E-state index in [-0.39, 0.29) is 18.8 Å². The molecule has 0 saturated carbocycles. The van der Waals surface area contributed by atoms with Crippen molar-refractivity contribution in [3.63, 3.8) is 0 Å². The molecular weight excluding hydrogens is 335 g/mol. The maximum atomic E-state index is 12.8. The van der Waals surface area contributed by atoms with Crippen LogP contribution in [0.25, 0.3) is 10.9 Å². The number of aromatic amines is 1. The number of halogens is 1. The van der Waals surface area contributed by atoms with Gasteiger partial charge in [-0.1, -0.05) is 18.2 Å². The minimum absolute atomic E-state index is 0.239. The maximum Gasteiger partial charge on any atom is 0.306 e. The van der Waals surface area contributed by atoms with E-state index in [0.717, 1.165) is 22.9 Å². The van der Waals surface area contributed by atoms with Gasteiger partial charge in [0.05, 0.1) is 0 Å². The number of ether oxygens (including phenoxy) is 1. The Kier molecular flexibility index (Phi) is 5.63. The molecule has 134 valence electrons. The fourth-order valence-electron chi connectivity index (χ4n) is 2.71. The fraction of sp³-hybridized carbons (Fsp3) is 0.200. The number of nitrogens with one attached hydrogen (secondary N) is 2. The van der Waals surface area contributed by atoms with Crippen molar-refractivity contribution in [2.24, 2.45) is 0 Å². The number of aryl methyl sites for hydroxylation is 1. The van der Waals surface area contributed by atoms with Gasteiger partial charge in [0.1, 0.15) is 5.82 Å². The smallest absolute Gasteiger partial charge is 0.306 e. The van der Waals surface area contributed by atoms with Crippen LogP contribution < -0.4 is 5.32 Å². The second-order valence-electron chi connectivity index (χ2n) is 5.93.